The first-order valence-corrected chi connectivity index (χ1v) is 8.25. The van der Waals surface area contributed by atoms with E-state index in [1.165, 1.54) is 19.2 Å². The number of hydrogen-bond donors (Lipinski definition) is 3. The van der Waals surface area contributed by atoms with Gasteiger partial charge in [-0.15, -0.1) is 0 Å². The summed E-state index contributed by atoms with van der Waals surface area (Å²) in [6.07, 6.45) is 7.90. The predicted molar refractivity (Wildman–Crippen MR) is 77.1 cm³/mol. The van der Waals surface area contributed by atoms with Crippen LogP contribution in [0.5, 0.6) is 0 Å². The molecule has 4 N–H and O–H groups in total. The Morgan fingerprint density at radius 2 is 2.40 bits per heavy atom. The van der Waals surface area contributed by atoms with Crippen LogP contribution in [0.1, 0.15) is 38.5 Å². The van der Waals surface area contributed by atoms with E-state index < -0.39 is 5.54 Å². The van der Waals surface area contributed by atoms with Crippen molar-refractivity contribution in [2.45, 2.75) is 55.3 Å². The summed E-state index contributed by atoms with van der Waals surface area (Å²) < 4.78 is 0. The molecule has 2 aliphatic rings. The van der Waals surface area contributed by atoms with Crippen LogP contribution in [0, 0.1) is 5.92 Å². The number of nitrogens with two attached hydrogens (primary N) is 1. The third-order valence-electron chi connectivity index (χ3n) is 4.40. The second-order valence-electron chi connectivity index (χ2n) is 5.77. The number of nitrogens with one attached hydrogen (secondary N) is 2. The van der Waals surface area contributed by atoms with Gasteiger partial charge in [-0.1, -0.05) is 18.2 Å². The third kappa shape index (κ3) is 2.83. The van der Waals surface area contributed by atoms with Gasteiger partial charge < -0.3 is 11.1 Å². The Kier molecular flexibility index (Phi) is 3.98. The van der Waals surface area contributed by atoms with Crippen LogP contribution < -0.4 is 11.1 Å². The molecule has 2 aliphatic carbocycles. The van der Waals surface area contributed by atoms with E-state index in [-0.39, 0.29) is 5.91 Å². The molecule has 6 nitrogen and oxygen atoms in total. The van der Waals surface area contributed by atoms with Crippen LogP contribution in [0.4, 0.5) is 0 Å². The van der Waals surface area contributed by atoms with Crippen LogP contribution in [-0.2, 0) is 4.79 Å². The first-order chi connectivity index (χ1) is 9.71. The number of hydrogen-bond acceptors (Lipinski definition) is 5. The Morgan fingerprint density at radius 1 is 1.55 bits per heavy atom. The smallest absolute Gasteiger partial charge is 0.238 e. The van der Waals surface area contributed by atoms with Crippen LogP contribution in [0.15, 0.2) is 11.5 Å². The number of aromatic amines is 1. The average Bonchev–Trinajstić information content (AvgIpc) is 2.91. The predicted octanol–water partition coefficient (Wildman–Crippen LogP) is 1.06. The molecule has 1 aromatic rings. The Bertz CT molecular complexity index is 461. The number of aromatic nitrogens is 3. The van der Waals surface area contributed by atoms with Crippen LogP contribution >= 0.6 is 11.8 Å². The molecule has 2 atom stereocenters. The second-order valence-corrected chi connectivity index (χ2v) is 6.85. The largest absolute Gasteiger partial charge is 0.368 e. The summed E-state index contributed by atoms with van der Waals surface area (Å²) in [5.41, 5.74) is 5.26. The summed E-state index contributed by atoms with van der Waals surface area (Å²) in [6.45, 7) is 0. The molecule has 0 radical (unpaired) electrons. The third-order valence-corrected chi connectivity index (χ3v) is 5.31. The highest BCUT2D eigenvalue weighted by Crippen LogP contribution is 2.41. The molecule has 0 aromatic carbocycles. The lowest BCUT2D eigenvalue weighted by Gasteiger charge is -2.34. The molecule has 3 rings (SSSR count). The molecular weight excluding hydrogens is 274 g/mol. The van der Waals surface area contributed by atoms with Gasteiger partial charge in [0, 0.05) is 11.8 Å². The van der Waals surface area contributed by atoms with Crippen molar-refractivity contribution in [2.75, 3.05) is 5.75 Å². The van der Waals surface area contributed by atoms with Crippen LogP contribution in [0.3, 0.4) is 0 Å². The van der Waals surface area contributed by atoms with E-state index in [1.54, 1.807) is 11.8 Å². The van der Waals surface area contributed by atoms with E-state index in [2.05, 4.69) is 20.5 Å². The molecule has 2 fully saturated rings. The molecule has 0 aliphatic heterocycles. The minimum Gasteiger partial charge on any atom is -0.368 e. The molecule has 2 unspecified atom stereocenters. The molecule has 0 spiro atoms. The Hall–Kier alpha value is -1.08. The highest BCUT2D eigenvalue weighted by atomic mass is 32.2. The van der Waals surface area contributed by atoms with E-state index in [9.17, 15) is 4.79 Å². The van der Waals surface area contributed by atoms with E-state index in [0.717, 1.165) is 36.6 Å². The molecule has 0 bridgehead atoms. The van der Waals surface area contributed by atoms with Crippen molar-refractivity contribution in [3.8, 4) is 0 Å². The van der Waals surface area contributed by atoms with Crippen molar-refractivity contribution in [1.29, 1.82) is 0 Å². The van der Waals surface area contributed by atoms with Crippen LogP contribution in [-0.4, -0.2) is 38.4 Å². The fraction of sp³-hybridized carbons (Fsp3) is 0.769. The summed E-state index contributed by atoms with van der Waals surface area (Å²) in [5.74, 6) is 1.11. The van der Waals surface area contributed by atoms with Gasteiger partial charge in [0.05, 0.1) is 0 Å². The zero-order valence-electron chi connectivity index (χ0n) is 11.5. The second kappa shape index (κ2) is 5.73. The van der Waals surface area contributed by atoms with E-state index >= 15 is 0 Å². The van der Waals surface area contributed by atoms with Gasteiger partial charge in [-0.05, 0) is 38.0 Å². The van der Waals surface area contributed by atoms with Gasteiger partial charge in [0.2, 0.25) is 5.91 Å². The minimum atomic E-state index is -0.469. The molecule has 2 saturated carbocycles. The Balaban J connectivity index is 1.59. The first kappa shape index (κ1) is 13.9. The monoisotopic (exact) mass is 295 g/mol. The van der Waals surface area contributed by atoms with Crippen LogP contribution in [0.25, 0.3) is 0 Å². The fourth-order valence-corrected chi connectivity index (χ4v) is 4.04. The number of H-pyrrole nitrogens is 1. The lowest BCUT2D eigenvalue weighted by atomic mass is 9.84. The summed E-state index contributed by atoms with van der Waals surface area (Å²) >= 11 is 1.65. The lowest BCUT2D eigenvalue weighted by molar-refractivity contribution is -0.126. The summed E-state index contributed by atoms with van der Waals surface area (Å²) in [4.78, 5) is 16.1. The van der Waals surface area contributed by atoms with Crippen molar-refractivity contribution in [3.05, 3.63) is 6.33 Å². The molecule has 1 heterocycles. The maximum Gasteiger partial charge on any atom is 0.238 e. The van der Waals surface area contributed by atoms with Gasteiger partial charge in [0.1, 0.15) is 11.9 Å². The highest BCUT2D eigenvalue weighted by Gasteiger charge is 2.49. The SMILES string of the molecule is NC(=O)C1(NC2CC2)CCCC1CCSc1ncn[nH]1. The average molecular weight is 295 g/mol. The number of carbonyl (C=O) groups excluding carboxylic acids is 1. The lowest BCUT2D eigenvalue weighted by Crippen LogP contribution is -2.58. The Morgan fingerprint density at radius 3 is 3.05 bits per heavy atom. The molecule has 0 saturated heterocycles. The maximum atomic E-state index is 12.0. The number of rotatable bonds is 7. The normalized spacial score (nSPS) is 29.7. The Labute approximate surface area is 122 Å². The van der Waals surface area contributed by atoms with E-state index in [0.29, 0.717) is 12.0 Å². The molecule has 20 heavy (non-hydrogen) atoms. The molecule has 1 aromatic heterocycles. The van der Waals surface area contributed by atoms with E-state index in [4.69, 9.17) is 5.73 Å². The van der Waals surface area contributed by atoms with Crippen molar-refractivity contribution < 1.29 is 4.79 Å². The number of carbonyl (C=O) groups is 1. The minimum absolute atomic E-state index is 0.170. The highest BCUT2D eigenvalue weighted by molar-refractivity contribution is 7.99. The van der Waals surface area contributed by atoms with Crippen molar-refractivity contribution in [2.24, 2.45) is 11.7 Å². The van der Waals surface area contributed by atoms with Gasteiger partial charge in [-0.25, -0.2) is 4.98 Å². The van der Waals surface area contributed by atoms with Crippen molar-refractivity contribution in [3.63, 3.8) is 0 Å². The summed E-state index contributed by atoms with van der Waals surface area (Å²) in [5, 5.41) is 11.1. The van der Waals surface area contributed by atoms with E-state index in [1.807, 2.05) is 0 Å². The molecule has 7 heteroatoms. The fourth-order valence-electron chi connectivity index (χ4n) is 3.21. The first-order valence-electron chi connectivity index (χ1n) is 7.26. The molecule has 110 valence electrons. The zero-order valence-corrected chi connectivity index (χ0v) is 12.3. The van der Waals surface area contributed by atoms with Gasteiger partial charge in [0.25, 0.3) is 0 Å². The number of thioether (sulfide) groups is 1. The van der Waals surface area contributed by atoms with Crippen molar-refractivity contribution in [1.82, 2.24) is 20.5 Å². The standard InChI is InChI=1S/C13H21N5OS/c14-11(19)13(17-10-3-4-10)6-1-2-9(13)5-7-20-12-15-8-16-18-12/h8-10,17H,1-7H2,(H2,14,19)(H,15,16,18). The molecular formula is C13H21N5OS. The number of amides is 1. The van der Waals surface area contributed by atoms with Crippen LogP contribution in [0.2, 0.25) is 0 Å². The van der Waals surface area contributed by atoms with Gasteiger partial charge in [-0.2, -0.15) is 5.10 Å². The van der Waals surface area contributed by atoms with Gasteiger partial charge in [0.15, 0.2) is 5.16 Å². The summed E-state index contributed by atoms with van der Waals surface area (Å²) in [7, 11) is 0. The molecule has 1 amide bonds. The quantitative estimate of drug-likeness (QED) is 0.654. The zero-order chi connectivity index (χ0) is 14.0. The number of nitrogens with zero attached hydrogens (tertiary/aromatic N) is 2. The number of primary amides is 1. The summed E-state index contributed by atoms with van der Waals surface area (Å²) in [6, 6.07) is 0.505. The maximum absolute atomic E-state index is 12.0. The topological polar surface area (TPSA) is 96.7 Å². The van der Waals surface area contributed by atoms with Gasteiger partial charge >= 0.3 is 0 Å². The van der Waals surface area contributed by atoms with Gasteiger partial charge in [-0.3, -0.25) is 9.89 Å². The van der Waals surface area contributed by atoms with Crippen molar-refractivity contribution >= 4 is 17.7 Å².